The number of piperidine rings is 1. The van der Waals surface area contributed by atoms with Crippen molar-refractivity contribution in [1.82, 2.24) is 20.4 Å². The molecular weight excluding hydrogens is 465 g/mol. The number of carbonyl (C=O) groups is 2. The lowest BCUT2D eigenvalue weighted by Gasteiger charge is -2.32. The first kappa shape index (κ1) is 23.9. The third-order valence-corrected chi connectivity index (χ3v) is 6.71. The molecule has 2 aliphatic heterocycles. The molecule has 1 aromatic heterocycles. The Morgan fingerprint density at radius 1 is 1.19 bits per heavy atom. The van der Waals surface area contributed by atoms with Crippen molar-refractivity contribution in [3.05, 3.63) is 59.7 Å². The zero-order valence-corrected chi connectivity index (χ0v) is 20.1. The lowest BCUT2D eigenvalue weighted by atomic mass is 9.96. The molecule has 3 aromatic rings. The molecule has 5 rings (SSSR count). The van der Waals surface area contributed by atoms with Gasteiger partial charge in [-0.05, 0) is 63.0 Å². The summed E-state index contributed by atoms with van der Waals surface area (Å²) in [5.74, 6) is 0.374. The summed E-state index contributed by atoms with van der Waals surface area (Å²) in [6.45, 7) is 5.23. The van der Waals surface area contributed by atoms with Gasteiger partial charge in [0.05, 0.1) is 5.69 Å². The van der Waals surface area contributed by atoms with Crippen LogP contribution in [0.1, 0.15) is 36.0 Å². The van der Waals surface area contributed by atoms with Gasteiger partial charge in [0.15, 0.2) is 6.61 Å². The second-order valence-electron chi connectivity index (χ2n) is 9.05. The average Bonchev–Trinajstić information content (AvgIpc) is 3.40. The van der Waals surface area contributed by atoms with Crippen molar-refractivity contribution < 1.29 is 23.2 Å². The van der Waals surface area contributed by atoms with E-state index in [9.17, 15) is 14.0 Å². The Labute approximate surface area is 208 Å². The predicted octanol–water partition coefficient (Wildman–Crippen LogP) is 3.26. The number of rotatable bonds is 7. The topological polar surface area (TPSA) is 101 Å². The summed E-state index contributed by atoms with van der Waals surface area (Å²) in [7, 11) is 0. The standard InChI is InChI=1S/C26H28FN5O4/c1-2-32-21-8-7-18(13-22(21)35-16-23(32)33)24-29-26(36-30-24)25(34)28-14-17-9-11-31(12-10-17)15-19-5-3-4-6-20(19)27/h3-8,13,17H,2,9-12,14-16H2,1H3,(H,28,34). The normalized spacial score (nSPS) is 16.5. The van der Waals surface area contributed by atoms with Crippen LogP contribution in [0.15, 0.2) is 47.0 Å². The number of nitrogens with zero attached hydrogens (tertiary/aromatic N) is 4. The largest absolute Gasteiger partial charge is 0.482 e. The molecule has 0 saturated carbocycles. The Kier molecular flexibility index (Phi) is 6.95. The van der Waals surface area contributed by atoms with Gasteiger partial charge in [-0.1, -0.05) is 23.4 Å². The molecule has 2 amide bonds. The van der Waals surface area contributed by atoms with Crippen molar-refractivity contribution in [3.63, 3.8) is 0 Å². The van der Waals surface area contributed by atoms with Gasteiger partial charge < -0.3 is 19.5 Å². The summed E-state index contributed by atoms with van der Waals surface area (Å²) in [5, 5.41) is 6.83. The Morgan fingerprint density at radius 2 is 2.00 bits per heavy atom. The quantitative estimate of drug-likeness (QED) is 0.539. The molecule has 0 radical (unpaired) electrons. The molecule has 2 aliphatic rings. The van der Waals surface area contributed by atoms with Crippen molar-refractivity contribution in [1.29, 1.82) is 0 Å². The van der Waals surface area contributed by atoms with Crippen LogP contribution in [-0.2, 0) is 11.3 Å². The highest BCUT2D eigenvalue weighted by Gasteiger charge is 2.26. The van der Waals surface area contributed by atoms with E-state index < -0.39 is 5.91 Å². The summed E-state index contributed by atoms with van der Waals surface area (Å²) in [4.78, 5) is 32.7. The van der Waals surface area contributed by atoms with Gasteiger partial charge in [0.1, 0.15) is 11.6 Å². The highest BCUT2D eigenvalue weighted by atomic mass is 19.1. The minimum Gasteiger partial charge on any atom is -0.482 e. The molecule has 36 heavy (non-hydrogen) atoms. The third-order valence-electron chi connectivity index (χ3n) is 6.71. The molecule has 3 heterocycles. The fourth-order valence-corrected chi connectivity index (χ4v) is 4.65. The molecule has 10 heteroatoms. The zero-order valence-electron chi connectivity index (χ0n) is 20.1. The lowest BCUT2D eigenvalue weighted by molar-refractivity contribution is -0.121. The maximum absolute atomic E-state index is 13.9. The number of halogens is 1. The molecule has 0 aliphatic carbocycles. The Hall–Kier alpha value is -3.79. The van der Waals surface area contributed by atoms with Gasteiger partial charge in [0.2, 0.25) is 5.82 Å². The first-order valence-electron chi connectivity index (χ1n) is 12.2. The number of amides is 2. The van der Waals surface area contributed by atoms with Crippen LogP contribution < -0.4 is 15.0 Å². The minimum absolute atomic E-state index is 0.0216. The molecule has 0 bridgehead atoms. The Bertz CT molecular complexity index is 1250. The van der Waals surface area contributed by atoms with E-state index in [1.54, 1.807) is 29.2 Å². The van der Waals surface area contributed by atoms with Gasteiger partial charge in [0, 0.05) is 30.8 Å². The van der Waals surface area contributed by atoms with Gasteiger partial charge in [-0.2, -0.15) is 4.98 Å². The molecule has 1 saturated heterocycles. The van der Waals surface area contributed by atoms with Crippen LogP contribution in [0.4, 0.5) is 10.1 Å². The lowest BCUT2D eigenvalue weighted by Crippen LogP contribution is -2.38. The maximum Gasteiger partial charge on any atom is 0.316 e. The van der Waals surface area contributed by atoms with Gasteiger partial charge >= 0.3 is 11.8 Å². The number of ether oxygens (including phenoxy) is 1. The number of likely N-dealkylation sites (tertiary alicyclic amines) is 1. The molecule has 1 N–H and O–H groups in total. The van der Waals surface area contributed by atoms with Crippen LogP contribution in [0.3, 0.4) is 0 Å². The smallest absolute Gasteiger partial charge is 0.316 e. The van der Waals surface area contributed by atoms with Crippen LogP contribution in [-0.4, -0.2) is 59.6 Å². The summed E-state index contributed by atoms with van der Waals surface area (Å²) in [6.07, 6.45) is 1.83. The van der Waals surface area contributed by atoms with Crippen LogP contribution >= 0.6 is 0 Å². The second kappa shape index (κ2) is 10.4. The highest BCUT2D eigenvalue weighted by Crippen LogP contribution is 2.35. The molecule has 188 valence electrons. The number of aromatic nitrogens is 2. The molecule has 9 nitrogen and oxygen atoms in total. The van der Waals surface area contributed by atoms with Crippen molar-refractivity contribution in [2.45, 2.75) is 26.3 Å². The van der Waals surface area contributed by atoms with E-state index in [0.29, 0.717) is 48.1 Å². The van der Waals surface area contributed by atoms with Crippen LogP contribution in [0.2, 0.25) is 0 Å². The molecule has 0 unspecified atom stereocenters. The summed E-state index contributed by atoms with van der Waals surface area (Å²) in [5.41, 5.74) is 2.03. The zero-order chi connectivity index (χ0) is 25.1. The van der Waals surface area contributed by atoms with Crippen LogP contribution in [0, 0.1) is 11.7 Å². The van der Waals surface area contributed by atoms with Gasteiger partial charge in [0.25, 0.3) is 5.91 Å². The fourth-order valence-electron chi connectivity index (χ4n) is 4.65. The Morgan fingerprint density at radius 3 is 2.78 bits per heavy atom. The van der Waals surface area contributed by atoms with E-state index in [2.05, 4.69) is 20.4 Å². The SMILES string of the molecule is CCN1C(=O)COc2cc(-c3noc(C(=O)NCC4CCN(Cc5ccccc5F)CC4)n3)ccc21. The monoisotopic (exact) mass is 493 g/mol. The first-order valence-corrected chi connectivity index (χ1v) is 12.2. The van der Waals surface area contributed by atoms with E-state index in [4.69, 9.17) is 9.26 Å². The number of benzene rings is 2. The predicted molar refractivity (Wildman–Crippen MR) is 130 cm³/mol. The first-order chi connectivity index (χ1) is 17.5. The number of likely N-dealkylation sites (N-methyl/N-ethyl adjacent to an activating group) is 1. The van der Waals surface area contributed by atoms with E-state index in [1.807, 2.05) is 19.1 Å². The number of hydrogen-bond acceptors (Lipinski definition) is 7. The van der Waals surface area contributed by atoms with Crippen molar-refractivity contribution in [2.24, 2.45) is 5.92 Å². The van der Waals surface area contributed by atoms with Gasteiger partial charge in [-0.15, -0.1) is 0 Å². The summed E-state index contributed by atoms with van der Waals surface area (Å²) in [6, 6.07) is 12.1. The van der Waals surface area contributed by atoms with E-state index >= 15 is 0 Å². The van der Waals surface area contributed by atoms with E-state index in [0.717, 1.165) is 25.9 Å². The number of anilines is 1. The number of nitrogens with one attached hydrogen (secondary N) is 1. The van der Waals surface area contributed by atoms with Crippen LogP contribution in [0.25, 0.3) is 11.4 Å². The number of carbonyl (C=O) groups excluding carboxylic acids is 2. The summed E-state index contributed by atoms with van der Waals surface area (Å²) >= 11 is 0. The summed E-state index contributed by atoms with van der Waals surface area (Å²) < 4.78 is 24.7. The fraction of sp³-hybridized carbons (Fsp3) is 0.385. The molecule has 2 aromatic carbocycles. The molecular formula is C26H28FN5O4. The van der Waals surface area contributed by atoms with E-state index in [-0.39, 0.29) is 30.0 Å². The molecule has 0 atom stereocenters. The maximum atomic E-state index is 13.9. The number of hydrogen-bond donors (Lipinski definition) is 1. The molecule has 1 fully saturated rings. The highest BCUT2D eigenvalue weighted by molar-refractivity contribution is 5.98. The second-order valence-corrected chi connectivity index (χ2v) is 9.05. The van der Waals surface area contributed by atoms with Gasteiger partial charge in [-0.3, -0.25) is 14.5 Å². The molecule has 0 spiro atoms. The van der Waals surface area contributed by atoms with Crippen molar-refractivity contribution in [2.75, 3.05) is 37.7 Å². The number of fused-ring (bicyclic) bond motifs is 1. The third kappa shape index (κ3) is 5.08. The van der Waals surface area contributed by atoms with Crippen LogP contribution in [0.5, 0.6) is 5.75 Å². The van der Waals surface area contributed by atoms with Gasteiger partial charge in [-0.25, -0.2) is 4.39 Å². The van der Waals surface area contributed by atoms with Crippen molar-refractivity contribution >= 4 is 17.5 Å². The van der Waals surface area contributed by atoms with Crippen molar-refractivity contribution in [3.8, 4) is 17.1 Å². The Balaban J connectivity index is 1.13. The average molecular weight is 494 g/mol. The van der Waals surface area contributed by atoms with E-state index in [1.165, 1.54) is 6.07 Å². The minimum atomic E-state index is -0.417.